The van der Waals surface area contributed by atoms with Gasteiger partial charge in [0.2, 0.25) is 8.32 Å². The van der Waals surface area contributed by atoms with Crippen molar-refractivity contribution in [3.05, 3.63) is 0 Å². The second-order valence-electron chi connectivity index (χ2n) is 14.3. The average molecular weight is 1690 g/mol. The van der Waals surface area contributed by atoms with Crippen molar-refractivity contribution in [1.82, 2.24) is 0 Å². The van der Waals surface area contributed by atoms with Crippen LogP contribution in [0.5, 0.6) is 0 Å². The molecule has 0 fully saturated rings. The predicted octanol–water partition coefficient (Wildman–Crippen LogP) is -4.05. The second kappa shape index (κ2) is 49.5. The molecular weight excluding hydrogens is 1620 g/mol. The molecule has 0 aliphatic rings. The Morgan fingerprint density at radius 1 is 0.171 bits per heavy atom. The van der Waals surface area contributed by atoms with Crippen molar-refractivity contribution in [2.75, 3.05) is 0 Å². The molecule has 0 aliphatic heterocycles. The molecule has 63 heteroatoms. The minimum Gasteiger partial charge on any atom is -0.578 e. The maximum absolute atomic E-state index is 12.7. The highest BCUT2D eigenvalue weighted by Crippen LogP contribution is 2.03. The zero-order valence-electron chi connectivity index (χ0n) is 34.7. The maximum Gasteiger partial charge on any atom is 0.532 e. The highest BCUT2D eigenvalue weighted by atomic mass is 30.1. The van der Waals surface area contributed by atoms with E-state index in [1.54, 1.807) is 0 Å². The van der Waals surface area contributed by atoms with Crippen molar-refractivity contribution < 1.29 is 138 Å². The van der Waals surface area contributed by atoms with E-state index >= 15 is 0 Å². The van der Waals surface area contributed by atoms with Gasteiger partial charge in [-0.05, 0) is 19.6 Å². The smallest absolute Gasteiger partial charge is 0.532 e. The summed E-state index contributed by atoms with van der Waals surface area (Å²) in [7, 11) is -137. The molecule has 0 aromatic carbocycles. The second-order valence-corrected chi connectivity index (χ2v) is 172. The third-order valence-corrected chi connectivity index (χ3v) is 250. The van der Waals surface area contributed by atoms with Gasteiger partial charge in [0.15, 0.2) is 0 Å². The molecule has 0 bridgehead atoms. The van der Waals surface area contributed by atoms with Gasteiger partial charge >= 0.3 is 232 Å². The van der Waals surface area contributed by atoms with Crippen LogP contribution in [0.3, 0.4) is 0 Å². The Balaban J connectivity index is -0.000000296. The van der Waals surface area contributed by atoms with Crippen molar-refractivity contribution in [2.24, 2.45) is 0 Å². The third-order valence-electron chi connectivity index (χ3n) is 7.04. The van der Waals surface area contributed by atoms with Crippen LogP contribution in [-0.2, 0) is 138 Å². The van der Waals surface area contributed by atoms with Crippen LogP contribution in [0.25, 0.3) is 0 Å². The lowest BCUT2D eigenvalue weighted by molar-refractivity contribution is 0.462. The third kappa shape index (κ3) is 31.5. The molecule has 31 nitrogen and oxygen atoms in total. The van der Waals surface area contributed by atoms with Crippen LogP contribution in [0.2, 0.25) is 39.3 Å². The highest BCUT2D eigenvalue weighted by molar-refractivity contribution is 7.85. The molecule has 0 aromatic heterocycles. The Morgan fingerprint density at radius 2 is 0.268 bits per heavy atom. The molecule has 0 N–H and O–H groups in total. The topological polar surface area (TPSA) is 521 Å². The monoisotopic (exact) mass is 1690 g/mol. The fourth-order valence-corrected chi connectivity index (χ4v) is 364. The summed E-state index contributed by atoms with van der Waals surface area (Å²) in [6, 6.07) is 0. The van der Waals surface area contributed by atoms with E-state index in [0.29, 0.717) is 0 Å². The average Bonchev–Trinajstić information content (AvgIpc) is 3.30. The van der Waals surface area contributed by atoms with Crippen LogP contribution in [0, 0.1) is 0 Å². The first-order valence-corrected chi connectivity index (χ1v) is 96.1. The van der Waals surface area contributed by atoms with Crippen LogP contribution in [0.1, 0.15) is 96.5 Å². The minimum absolute atomic E-state index is 0. The van der Waals surface area contributed by atoms with E-state index in [2.05, 4.69) is 0 Å². The minimum atomic E-state index is -4.70. The summed E-state index contributed by atoms with van der Waals surface area (Å²) in [6.45, 7) is 8.76. The van der Waals surface area contributed by atoms with Crippen molar-refractivity contribution in [3.8, 4) is 0 Å². The van der Waals surface area contributed by atoms with Gasteiger partial charge in [-0.25, -0.2) is 0 Å². The fraction of sp³-hybridized carbons (Fsp3) is 1.00. The summed E-state index contributed by atoms with van der Waals surface area (Å²) >= 11 is 0. The van der Waals surface area contributed by atoms with Crippen LogP contribution in [-0.4, -0.2) is 248 Å². The molecule has 0 unspecified atom stereocenters. The van der Waals surface area contributed by atoms with E-state index in [1.165, 1.54) is 39.3 Å². The van der Waals surface area contributed by atoms with Gasteiger partial charge in [0.1, 0.15) is 7.59 Å². The van der Waals surface area contributed by atoms with Crippen LogP contribution >= 0.6 is 0 Å². The highest BCUT2D eigenvalue weighted by Gasteiger charge is 2.59. The van der Waals surface area contributed by atoms with E-state index in [4.69, 9.17) is 4.12 Å². The van der Waals surface area contributed by atoms with Gasteiger partial charge in [0.25, 0.3) is 0 Å². The quantitative estimate of drug-likeness (QED) is 0.0579. The molecule has 0 radical (unpaired) electrons. The lowest BCUT2D eigenvalue weighted by atomic mass is 11.8. The molecule has 0 saturated heterocycles. The molecule has 0 saturated carbocycles. The first-order chi connectivity index (χ1) is 31.0. The molecule has 0 heterocycles. The van der Waals surface area contributed by atoms with E-state index in [0.717, 1.165) is 0 Å². The number of hydrogen-bond donors (Lipinski definition) is 0. The van der Waals surface area contributed by atoms with Crippen molar-refractivity contribution in [2.45, 2.75) is 136 Å². The Morgan fingerprint density at radius 3 is 0.366 bits per heavy atom. The van der Waals surface area contributed by atoms with E-state index in [9.17, 15) is 134 Å². The van der Waals surface area contributed by atoms with Crippen molar-refractivity contribution >= 4 is 248 Å². The molecule has 460 valence electrons. The summed E-state index contributed by atoms with van der Waals surface area (Å²) in [4.78, 5) is 0. The molecule has 82 heavy (non-hydrogen) atoms. The summed E-state index contributed by atoms with van der Waals surface area (Å²) in [5.74, 6) is 0. The first kappa shape index (κ1) is 117. The molecule has 0 amide bonds. The number of hydrogen-bond acceptors (Lipinski definition) is 31. The normalized spacial score (nSPS) is 8.80. The molecule has 0 atom stereocenters. The summed E-state index contributed by atoms with van der Waals surface area (Å²) in [5.41, 5.74) is 0. The predicted molar refractivity (Wildman–Crippen MR) is 328 cm³/mol. The van der Waals surface area contributed by atoms with Gasteiger partial charge in [0, 0.05) is 0 Å². The molecular formula is C19H70O31Si32. The lowest BCUT2D eigenvalue weighted by Gasteiger charge is -2.16. The van der Waals surface area contributed by atoms with Gasteiger partial charge in [-0.2, -0.15) is 0 Å². The SMILES string of the molecule is C.C.C.C.C.C.C.C.C.C.C.C.C.C[Si](C)(C)O[Si](=O)[Si](=O)[Si](=O)[Si](=O)[Si](=O)[Si](=O)[Si](=O)[Si](=O)[Si](=O)[Si](=O)[Si](=O)[Si](=O)[Si](=O)[Si](=O)[Si](=O)[Si](=O)[Si](=O)[Si](=O)[Si](=O)[Si](=O)[Si](=O)[Si](=O)[Si](=O)[Si](=O)[Si](=O)[Si](=O)[Si](=O)[Si](=O)[Si](=O)[Si](=O)[Si](C)(C)C. The standard InChI is InChI=1S/C6H18O31Si32.13CH4/c1-68(2,3)37-38(7)39(8)40(9)41(10)42(11)43(12)44(13)45(14)46(15)47(16)48(17)49(18)50(19)51(20)52(21)53(22)54(23)55(24)56(25)57(26)58(27)59(28)60(29)61(30)62(31)63(32)64(33)65(34)66(35)67(36)69(4,5)6;;;;;;;;;;;;;/h1-6H3;13*1H4. The van der Waals surface area contributed by atoms with Crippen LogP contribution in [0.4, 0.5) is 0 Å². The Bertz CT molecular complexity index is 2920. The van der Waals surface area contributed by atoms with Gasteiger partial charge in [-0.15, -0.1) is 0 Å². The number of rotatable bonds is 32. The first-order valence-electron chi connectivity index (χ1n) is 17.0. The summed E-state index contributed by atoms with van der Waals surface area (Å²) < 4.78 is 383. The van der Waals surface area contributed by atoms with Crippen LogP contribution < -0.4 is 0 Å². The van der Waals surface area contributed by atoms with E-state index in [1.807, 2.05) is 0 Å². The van der Waals surface area contributed by atoms with Gasteiger partial charge in [0.05, 0.1) is 0 Å². The largest absolute Gasteiger partial charge is 0.578 e. The lowest BCUT2D eigenvalue weighted by Crippen LogP contribution is -2.58. The van der Waals surface area contributed by atoms with Gasteiger partial charge < -0.3 is 138 Å². The molecule has 0 aromatic rings. The van der Waals surface area contributed by atoms with Gasteiger partial charge in [-0.1, -0.05) is 116 Å². The van der Waals surface area contributed by atoms with Gasteiger partial charge in [-0.3, -0.25) is 0 Å². The molecule has 0 spiro atoms. The zero-order chi connectivity index (χ0) is 55.0. The Hall–Kier alpha value is 0.740. The fourth-order valence-electron chi connectivity index (χ4n) is 3.54. The molecule has 0 aliphatic carbocycles. The zero-order valence-corrected chi connectivity index (χ0v) is 66.7. The summed E-state index contributed by atoms with van der Waals surface area (Å²) in [6.07, 6.45) is 0. The Kier molecular flexibility index (Phi) is 70.6. The van der Waals surface area contributed by atoms with E-state index in [-0.39, 0.29) is 96.5 Å². The molecule has 0 rings (SSSR count). The maximum atomic E-state index is 12.7. The van der Waals surface area contributed by atoms with E-state index < -0.39 is 248 Å². The Labute approximate surface area is 516 Å². The van der Waals surface area contributed by atoms with Crippen molar-refractivity contribution in [3.63, 3.8) is 0 Å². The van der Waals surface area contributed by atoms with Crippen molar-refractivity contribution in [1.29, 1.82) is 0 Å². The van der Waals surface area contributed by atoms with Crippen LogP contribution in [0.15, 0.2) is 0 Å². The summed E-state index contributed by atoms with van der Waals surface area (Å²) in [5, 5.41) is 0.